The van der Waals surface area contributed by atoms with Crippen molar-refractivity contribution >= 4 is 17.4 Å². The molecule has 2 aliphatic rings. The van der Waals surface area contributed by atoms with Crippen LogP contribution in [0.3, 0.4) is 0 Å². The first-order valence-electron chi connectivity index (χ1n) is 6.93. The monoisotopic (exact) mass is 268 g/mol. The van der Waals surface area contributed by atoms with Gasteiger partial charge in [0.25, 0.3) is 0 Å². The summed E-state index contributed by atoms with van der Waals surface area (Å²) in [6, 6.07) is 7.62. The van der Waals surface area contributed by atoms with Crippen molar-refractivity contribution in [3.05, 3.63) is 29.3 Å². The van der Waals surface area contributed by atoms with Gasteiger partial charge in [0.15, 0.2) is 5.78 Å². The second-order valence-electron chi connectivity index (χ2n) is 5.67. The zero-order chi connectivity index (χ0) is 14.3. The van der Waals surface area contributed by atoms with Crippen LogP contribution in [-0.4, -0.2) is 18.7 Å². The van der Waals surface area contributed by atoms with Gasteiger partial charge in [-0.1, -0.05) is 0 Å². The molecule has 1 aliphatic carbocycles. The van der Waals surface area contributed by atoms with Crippen LogP contribution in [0.25, 0.3) is 0 Å². The highest BCUT2D eigenvalue weighted by atomic mass is 16.2. The average Bonchev–Trinajstić information content (AvgIpc) is 2.42. The van der Waals surface area contributed by atoms with Gasteiger partial charge in [0.05, 0.1) is 6.07 Å². The van der Waals surface area contributed by atoms with Crippen LogP contribution in [0.4, 0.5) is 5.69 Å². The summed E-state index contributed by atoms with van der Waals surface area (Å²) in [5.74, 6) is 0.0395. The maximum atomic E-state index is 12.5. The van der Waals surface area contributed by atoms with E-state index >= 15 is 0 Å². The molecule has 0 N–H and O–H groups in total. The van der Waals surface area contributed by atoms with Gasteiger partial charge in [-0.3, -0.25) is 9.59 Å². The van der Waals surface area contributed by atoms with Gasteiger partial charge in [-0.25, -0.2) is 0 Å². The number of hydrogen-bond acceptors (Lipinski definition) is 3. The molecular weight excluding hydrogens is 252 g/mol. The Kier molecular flexibility index (Phi) is 2.86. The van der Waals surface area contributed by atoms with Crippen LogP contribution in [-0.2, 0) is 11.2 Å². The lowest BCUT2D eigenvalue weighted by atomic mass is 9.65. The second kappa shape index (κ2) is 4.45. The third-order valence-corrected chi connectivity index (χ3v) is 4.54. The minimum atomic E-state index is -0.801. The minimum Gasteiger partial charge on any atom is -0.315 e. The van der Waals surface area contributed by atoms with Gasteiger partial charge in [0.2, 0.25) is 5.91 Å². The molecule has 20 heavy (non-hydrogen) atoms. The Bertz CT molecular complexity index is 638. The summed E-state index contributed by atoms with van der Waals surface area (Å²) in [6.07, 6.45) is 3.42. The number of nitrogens with zero attached hydrogens (tertiary/aromatic N) is 2. The van der Waals surface area contributed by atoms with Gasteiger partial charge in [-0.05, 0) is 49.4 Å². The maximum Gasteiger partial charge on any atom is 0.227 e. The molecule has 1 fully saturated rings. The number of anilines is 1. The van der Waals surface area contributed by atoms with E-state index in [1.165, 1.54) is 0 Å². The third-order valence-electron chi connectivity index (χ3n) is 4.54. The van der Waals surface area contributed by atoms with Crippen molar-refractivity contribution in [3.8, 4) is 6.07 Å². The smallest absolute Gasteiger partial charge is 0.227 e. The Labute approximate surface area is 118 Å². The van der Waals surface area contributed by atoms with Gasteiger partial charge in [0, 0.05) is 24.7 Å². The molecule has 0 radical (unpaired) electrons. The lowest BCUT2D eigenvalue weighted by Gasteiger charge is -2.34. The van der Waals surface area contributed by atoms with Crippen molar-refractivity contribution in [2.24, 2.45) is 5.41 Å². The molecule has 0 unspecified atom stereocenters. The van der Waals surface area contributed by atoms with Gasteiger partial charge in [-0.15, -0.1) is 0 Å². The molecule has 3 rings (SSSR count). The summed E-state index contributed by atoms with van der Waals surface area (Å²) in [5, 5.41) is 9.26. The summed E-state index contributed by atoms with van der Waals surface area (Å²) in [5.41, 5.74) is 1.69. The molecule has 0 spiro atoms. The number of carbonyl (C=O) groups excluding carboxylic acids is 2. The molecule has 1 aromatic carbocycles. The Hall–Kier alpha value is -2.15. The lowest BCUT2D eigenvalue weighted by Crippen LogP contribution is -2.37. The predicted molar refractivity (Wildman–Crippen MR) is 74.4 cm³/mol. The van der Waals surface area contributed by atoms with Crippen LogP contribution >= 0.6 is 0 Å². The van der Waals surface area contributed by atoms with Crippen molar-refractivity contribution in [3.63, 3.8) is 0 Å². The maximum absolute atomic E-state index is 12.5. The number of ketones is 1. The average molecular weight is 268 g/mol. The first-order chi connectivity index (χ1) is 9.57. The van der Waals surface area contributed by atoms with Crippen molar-refractivity contribution < 1.29 is 9.59 Å². The van der Waals surface area contributed by atoms with Gasteiger partial charge < -0.3 is 4.90 Å². The van der Waals surface area contributed by atoms with Crippen LogP contribution in [0.1, 0.15) is 41.6 Å². The zero-order valence-electron chi connectivity index (χ0n) is 11.5. The topological polar surface area (TPSA) is 61.2 Å². The highest BCUT2D eigenvalue weighted by molar-refractivity contribution is 6.04. The molecule has 102 valence electrons. The Morgan fingerprint density at radius 1 is 1.35 bits per heavy atom. The quantitative estimate of drug-likeness (QED) is 0.774. The SMILES string of the molecule is CN1C(=O)CCc2cc(C(=O)C3(C#N)CCC3)ccc21. The number of hydrogen-bond donors (Lipinski definition) is 0. The van der Waals surface area contributed by atoms with E-state index in [-0.39, 0.29) is 11.7 Å². The lowest BCUT2D eigenvalue weighted by molar-refractivity contribution is -0.118. The first-order valence-corrected chi connectivity index (χ1v) is 6.93. The molecule has 0 bridgehead atoms. The number of carbonyl (C=O) groups is 2. The Morgan fingerprint density at radius 3 is 2.70 bits per heavy atom. The molecule has 4 nitrogen and oxygen atoms in total. The highest BCUT2D eigenvalue weighted by Gasteiger charge is 2.44. The van der Waals surface area contributed by atoms with Crippen LogP contribution in [0.5, 0.6) is 0 Å². The summed E-state index contributed by atoms with van der Waals surface area (Å²) in [6.45, 7) is 0. The third kappa shape index (κ3) is 1.74. The molecule has 4 heteroatoms. The molecule has 1 saturated carbocycles. The Balaban J connectivity index is 1.96. The standard InChI is InChI=1S/C16H16N2O2/c1-18-13-5-3-12(9-11(13)4-6-14(18)19)15(20)16(10-17)7-2-8-16/h3,5,9H,2,4,6-8H2,1H3. The molecule has 1 amide bonds. The fourth-order valence-corrected chi connectivity index (χ4v) is 2.99. The summed E-state index contributed by atoms with van der Waals surface area (Å²) >= 11 is 0. The van der Waals surface area contributed by atoms with Crippen molar-refractivity contribution in [2.45, 2.75) is 32.1 Å². The minimum absolute atomic E-state index is 0.0615. The molecule has 1 aromatic rings. The number of aryl methyl sites for hydroxylation is 1. The number of benzene rings is 1. The molecule has 0 atom stereocenters. The van der Waals surface area contributed by atoms with Crippen LogP contribution in [0.15, 0.2) is 18.2 Å². The van der Waals surface area contributed by atoms with Gasteiger partial charge in [-0.2, -0.15) is 5.26 Å². The van der Waals surface area contributed by atoms with Crippen LogP contribution < -0.4 is 4.90 Å². The second-order valence-corrected chi connectivity index (χ2v) is 5.67. The van der Waals surface area contributed by atoms with E-state index in [0.717, 1.165) is 17.7 Å². The van der Waals surface area contributed by atoms with Crippen LogP contribution in [0, 0.1) is 16.7 Å². The van der Waals surface area contributed by atoms with E-state index in [1.54, 1.807) is 18.0 Å². The Morgan fingerprint density at radius 2 is 2.10 bits per heavy atom. The molecule has 1 aliphatic heterocycles. The zero-order valence-corrected chi connectivity index (χ0v) is 11.5. The van der Waals surface area contributed by atoms with E-state index in [4.69, 9.17) is 0 Å². The molecule has 0 aromatic heterocycles. The highest BCUT2D eigenvalue weighted by Crippen LogP contribution is 2.43. The largest absolute Gasteiger partial charge is 0.315 e. The molecular formula is C16H16N2O2. The normalized spacial score (nSPS) is 19.8. The summed E-state index contributed by atoms with van der Waals surface area (Å²) < 4.78 is 0. The van der Waals surface area contributed by atoms with E-state index in [2.05, 4.69) is 6.07 Å². The van der Waals surface area contributed by atoms with Crippen molar-refractivity contribution in [1.82, 2.24) is 0 Å². The van der Waals surface area contributed by atoms with E-state index in [1.807, 2.05) is 12.1 Å². The van der Waals surface area contributed by atoms with Crippen LogP contribution in [0.2, 0.25) is 0 Å². The summed E-state index contributed by atoms with van der Waals surface area (Å²) in [4.78, 5) is 25.8. The number of nitriles is 1. The molecule has 1 heterocycles. The predicted octanol–water partition coefficient (Wildman–Crippen LogP) is 2.47. The van der Waals surface area contributed by atoms with E-state index in [0.29, 0.717) is 31.2 Å². The van der Waals surface area contributed by atoms with E-state index in [9.17, 15) is 14.9 Å². The number of amides is 1. The number of Topliss-reactive ketones (excluding diaryl/α,β-unsaturated/α-hetero) is 1. The fraction of sp³-hybridized carbons (Fsp3) is 0.438. The summed E-state index contributed by atoms with van der Waals surface area (Å²) in [7, 11) is 1.75. The fourth-order valence-electron chi connectivity index (χ4n) is 2.99. The number of fused-ring (bicyclic) bond motifs is 1. The van der Waals surface area contributed by atoms with Gasteiger partial charge in [0.1, 0.15) is 5.41 Å². The van der Waals surface area contributed by atoms with Gasteiger partial charge >= 0.3 is 0 Å². The molecule has 0 saturated heterocycles. The number of rotatable bonds is 2. The van der Waals surface area contributed by atoms with Crippen molar-refractivity contribution in [1.29, 1.82) is 5.26 Å². The first kappa shape index (κ1) is 12.9. The van der Waals surface area contributed by atoms with E-state index < -0.39 is 5.41 Å². The van der Waals surface area contributed by atoms with Crippen molar-refractivity contribution in [2.75, 3.05) is 11.9 Å².